The predicted octanol–water partition coefficient (Wildman–Crippen LogP) is 3.63. The molecular weight excluding hydrogens is 513 g/mol. The van der Waals surface area contributed by atoms with Gasteiger partial charge in [0.05, 0.1) is 18.5 Å². The number of halogens is 2. The van der Waals surface area contributed by atoms with Gasteiger partial charge < -0.3 is 20.9 Å². The minimum absolute atomic E-state index is 0.0750. The summed E-state index contributed by atoms with van der Waals surface area (Å²) in [6.45, 7) is 5.82. The number of hydrogen-bond acceptors (Lipinski definition) is 5. The molecule has 0 radical (unpaired) electrons. The molecule has 0 saturated heterocycles. The van der Waals surface area contributed by atoms with Crippen LogP contribution in [0, 0.1) is 6.92 Å². The van der Waals surface area contributed by atoms with Crippen LogP contribution in [0.1, 0.15) is 37.8 Å². The molecule has 3 atom stereocenters. The average Bonchev–Trinajstić information content (AvgIpc) is 3.00. The molecule has 1 heterocycles. The summed E-state index contributed by atoms with van der Waals surface area (Å²) in [4.78, 5) is 39.9. The van der Waals surface area contributed by atoms with Gasteiger partial charge in [-0.25, -0.2) is 0 Å². The largest absolute Gasteiger partial charge is 0.357 e. The van der Waals surface area contributed by atoms with Gasteiger partial charge in [0, 0.05) is 29.8 Å². The Hall–Kier alpha value is -3.10. The number of likely N-dealkylation sites (N-methyl/N-ethyl adjacent to an activating group) is 2. The van der Waals surface area contributed by atoms with E-state index in [1.807, 2.05) is 63.3 Å². The standard InChI is InChI=1S/C19H19Cl2N3O.C8H16N2O2/c1-11-3-4-13(7-17(11)21)8-18(25)22-12(2)19-23-15-6-5-14(20)9-16(10-15)24-19;1-4-5-7(8(12)9-2)10(3)6-11/h3-7,9-10,12,15H,8H2,1-2H3,(H,22,25)(H,23,24);6-7H,4-5H2,1-3H3,(H,9,12)/t;7-/m.0/s1. The molecular formula is C27H35Cl2N5O3. The Kier molecular flexibility index (Phi) is 11.9. The van der Waals surface area contributed by atoms with Gasteiger partial charge in [0.25, 0.3) is 0 Å². The van der Waals surface area contributed by atoms with Crippen LogP contribution < -0.4 is 16.0 Å². The Morgan fingerprint density at radius 1 is 1.30 bits per heavy atom. The molecule has 1 aliphatic heterocycles. The lowest BCUT2D eigenvalue weighted by Crippen LogP contribution is -2.46. The van der Waals surface area contributed by atoms with E-state index in [0.717, 1.165) is 23.2 Å². The van der Waals surface area contributed by atoms with Crippen LogP contribution in [-0.4, -0.2) is 61.2 Å². The quantitative estimate of drug-likeness (QED) is 0.410. The fraction of sp³-hybridized carbons (Fsp3) is 0.407. The predicted molar refractivity (Wildman–Crippen MR) is 150 cm³/mol. The highest BCUT2D eigenvalue weighted by Gasteiger charge is 2.21. The number of benzene rings is 1. The molecule has 3 N–H and O–H groups in total. The summed E-state index contributed by atoms with van der Waals surface area (Å²) in [5, 5.41) is 10.0. The van der Waals surface area contributed by atoms with Crippen LogP contribution in [0.4, 0.5) is 0 Å². The fourth-order valence-corrected chi connectivity index (χ4v) is 4.11. The Bertz CT molecular complexity index is 1110. The molecule has 10 heteroatoms. The molecule has 200 valence electrons. The molecule has 0 spiro atoms. The maximum atomic E-state index is 12.3. The van der Waals surface area contributed by atoms with E-state index < -0.39 is 0 Å². The molecule has 3 amide bonds. The number of nitrogens with zero attached hydrogens (tertiary/aromatic N) is 2. The number of aliphatic imine (C=N–C) groups is 1. The highest BCUT2D eigenvalue weighted by molar-refractivity contribution is 6.31. The van der Waals surface area contributed by atoms with Crippen LogP contribution in [0.3, 0.4) is 0 Å². The van der Waals surface area contributed by atoms with E-state index in [4.69, 9.17) is 23.2 Å². The van der Waals surface area contributed by atoms with Crippen molar-refractivity contribution in [2.45, 2.75) is 58.2 Å². The molecule has 8 nitrogen and oxygen atoms in total. The van der Waals surface area contributed by atoms with Crippen LogP contribution in [0.25, 0.3) is 0 Å². The summed E-state index contributed by atoms with van der Waals surface area (Å²) in [5.41, 5.74) is 2.76. The zero-order chi connectivity index (χ0) is 27.5. The summed E-state index contributed by atoms with van der Waals surface area (Å²) in [5.74, 6) is 0.528. The summed E-state index contributed by atoms with van der Waals surface area (Å²) in [7, 11) is 3.19. The second-order valence-corrected chi connectivity index (χ2v) is 9.72. The third-order valence-electron chi connectivity index (χ3n) is 5.81. The SMILES string of the molecule is CCC[C@@H](C(=O)NC)N(C)C=O.Cc1ccc(CC(=O)NC(C)C2=NC3C=CC(Cl)=CC(=C3)N2)cc1Cl. The van der Waals surface area contributed by atoms with Gasteiger partial charge in [0.15, 0.2) is 0 Å². The number of rotatable bonds is 9. The second-order valence-electron chi connectivity index (χ2n) is 8.88. The number of aryl methyl sites for hydroxylation is 1. The zero-order valence-corrected chi connectivity index (χ0v) is 23.4. The van der Waals surface area contributed by atoms with Gasteiger partial charge >= 0.3 is 0 Å². The average molecular weight is 549 g/mol. The van der Waals surface area contributed by atoms with E-state index in [1.54, 1.807) is 14.1 Å². The summed E-state index contributed by atoms with van der Waals surface area (Å²) >= 11 is 12.2. The van der Waals surface area contributed by atoms with Gasteiger partial charge in [-0.2, -0.15) is 0 Å². The number of fused-ring (bicyclic) bond motifs is 1. The van der Waals surface area contributed by atoms with Crippen LogP contribution >= 0.6 is 23.2 Å². The number of amidine groups is 1. The fourth-order valence-electron chi connectivity index (χ4n) is 3.72. The van der Waals surface area contributed by atoms with Crippen molar-refractivity contribution in [1.29, 1.82) is 0 Å². The van der Waals surface area contributed by atoms with E-state index in [2.05, 4.69) is 20.9 Å². The van der Waals surface area contributed by atoms with Crippen LogP contribution in [0.2, 0.25) is 5.02 Å². The first-order chi connectivity index (χ1) is 17.6. The number of nitrogens with one attached hydrogen (secondary N) is 3. The number of hydrogen-bond donors (Lipinski definition) is 3. The smallest absolute Gasteiger partial charge is 0.242 e. The molecule has 2 aliphatic rings. The molecule has 3 rings (SSSR count). The first kappa shape index (κ1) is 30.1. The normalized spacial score (nSPS) is 17.3. The van der Waals surface area contributed by atoms with E-state index in [0.29, 0.717) is 28.7 Å². The van der Waals surface area contributed by atoms with Crippen molar-refractivity contribution in [2.75, 3.05) is 14.1 Å². The first-order valence-corrected chi connectivity index (χ1v) is 12.9. The Balaban J connectivity index is 0.000000341. The van der Waals surface area contributed by atoms with Crippen molar-refractivity contribution in [3.8, 4) is 0 Å². The highest BCUT2D eigenvalue weighted by Crippen LogP contribution is 2.19. The minimum atomic E-state index is -0.322. The lowest BCUT2D eigenvalue weighted by Gasteiger charge is -2.23. The van der Waals surface area contributed by atoms with Crippen LogP contribution in [-0.2, 0) is 20.8 Å². The molecule has 2 unspecified atom stereocenters. The topological polar surface area (TPSA) is 103 Å². The van der Waals surface area contributed by atoms with E-state index >= 15 is 0 Å². The van der Waals surface area contributed by atoms with E-state index in [-0.39, 0.29) is 36.4 Å². The summed E-state index contributed by atoms with van der Waals surface area (Å²) in [6.07, 6.45) is 10.1. The summed E-state index contributed by atoms with van der Waals surface area (Å²) in [6, 6.07) is 5.03. The number of amides is 3. The number of allylic oxidation sites excluding steroid dienone is 3. The Morgan fingerprint density at radius 2 is 2.03 bits per heavy atom. The van der Waals surface area contributed by atoms with Gasteiger partial charge in [0.2, 0.25) is 18.2 Å². The molecule has 1 aliphatic carbocycles. The molecule has 1 aromatic rings. The van der Waals surface area contributed by atoms with Gasteiger partial charge in [-0.1, -0.05) is 54.8 Å². The van der Waals surface area contributed by atoms with Crippen LogP contribution in [0.15, 0.2) is 58.2 Å². The van der Waals surface area contributed by atoms with Gasteiger partial charge in [-0.05, 0) is 55.7 Å². The van der Waals surface area contributed by atoms with Gasteiger partial charge in [-0.15, -0.1) is 0 Å². The Labute approximate surface area is 228 Å². The van der Waals surface area contributed by atoms with Gasteiger partial charge in [0.1, 0.15) is 11.9 Å². The molecule has 0 saturated carbocycles. The summed E-state index contributed by atoms with van der Waals surface area (Å²) < 4.78 is 0. The van der Waals surface area contributed by atoms with Crippen molar-refractivity contribution in [1.82, 2.24) is 20.9 Å². The molecule has 37 heavy (non-hydrogen) atoms. The van der Waals surface area contributed by atoms with Gasteiger partial charge in [-0.3, -0.25) is 19.4 Å². The van der Waals surface area contributed by atoms with Crippen molar-refractivity contribution >= 4 is 47.3 Å². The maximum absolute atomic E-state index is 12.3. The number of carbonyl (C=O) groups is 3. The Morgan fingerprint density at radius 3 is 2.65 bits per heavy atom. The van der Waals surface area contributed by atoms with Crippen molar-refractivity contribution in [3.05, 3.63) is 69.4 Å². The second kappa shape index (κ2) is 14.6. The molecule has 2 bridgehead atoms. The monoisotopic (exact) mass is 547 g/mol. The third kappa shape index (κ3) is 9.37. The molecule has 1 aromatic carbocycles. The van der Waals surface area contributed by atoms with E-state index in [1.165, 1.54) is 4.90 Å². The lowest BCUT2D eigenvalue weighted by atomic mass is 10.1. The van der Waals surface area contributed by atoms with Crippen molar-refractivity contribution in [3.63, 3.8) is 0 Å². The number of carbonyl (C=O) groups excluding carboxylic acids is 3. The molecule has 0 aromatic heterocycles. The van der Waals surface area contributed by atoms with Crippen LogP contribution in [0.5, 0.6) is 0 Å². The minimum Gasteiger partial charge on any atom is -0.357 e. The van der Waals surface area contributed by atoms with E-state index in [9.17, 15) is 14.4 Å². The van der Waals surface area contributed by atoms with Crippen molar-refractivity contribution < 1.29 is 14.4 Å². The van der Waals surface area contributed by atoms with Crippen molar-refractivity contribution in [2.24, 2.45) is 4.99 Å². The maximum Gasteiger partial charge on any atom is 0.242 e. The first-order valence-electron chi connectivity index (χ1n) is 12.1. The molecule has 0 fully saturated rings. The zero-order valence-electron chi connectivity index (χ0n) is 21.8. The highest BCUT2D eigenvalue weighted by atomic mass is 35.5. The lowest BCUT2D eigenvalue weighted by molar-refractivity contribution is -0.131. The third-order valence-corrected chi connectivity index (χ3v) is 6.46.